The Morgan fingerprint density at radius 3 is 2.26 bits per heavy atom. The van der Waals surface area contributed by atoms with Crippen LogP contribution < -0.4 is 4.74 Å². The summed E-state index contributed by atoms with van der Waals surface area (Å²) in [5.74, 6) is 0.451. The van der Waals surface area contributed by atoms with E-state index in [4.69, 9.17) is 35.3 Å². The standard InChI is InChI=1S/C36H50ClN3O5Si/c1-24-31(25(2)39(6)38-24)32-30(37)19-18-29-28(13-11-22-45-46(9,10)36(3,4)5)34(35(41)43-8)40(33(29)32)20-12-21-44-23-26-14-16-27(42-7)17-15-26/h14-19H,11-13,20-23H2,1-10H3. The zero-order valence-corrected chi connectivity index (χ0v) is 30.9. The average Bonchev–Trinajstić information content (AvgIpc) is 3.45. The van der Waals surface area contributed by atoms with E-state index < -0.39 is 8.32 Å². The molecule has 4 rings (SSSR count). The fourth-order valence-electron chi connectivity index (χ4n) is 5.70. The third kappa shape index (κ3) is 7.54. The van der Waals surface area contributed by atoms with Crippen LogP contribution in [0, 0.1) is 13.8 Å². The Balaban J connectivity index is 1.72. The first-order valence-corrected chi connectivity index (χ1v) is 19.3. The molecule has 0 radical (unpaired) electrons. The average molecular weight is 668 g/mol. The van der Waals surface area contributed by atoms with Gasteiger partial charge in [0.15, 0.2) is 8.32 Å². The molecule has 0 unspecified atom stereocenters. The molecule has 0 fully saturated rings. The number of aromatic nitrogens is 3. The predicted molar refractivity (Wildman–Crippen MR) is 189 cm³/mol. The number of ether oxygens (including phenoxy) is 3. The second-order valence-electron chi connectivity index (χ2n) is 13.4. The summed E-state index contributed by atoms with van der Waals surface area (Å²) in [4.78, 5) is 13.6. The van der Waals surface area contributed by atoms with Gasteiger partial charge in [-0.3, -0.25) is 4.68 Å². The number of rotatable bonds is 14. The van der Waals surface area contributed by atoms with Gasteiger partial charge in [0.2, 0.25) is 0 Å². The van der Waals surface area contributed by atoms with E-state index in [-0.39, 0.29) is 11.0 Å². The summed E-state index contributed by atoms with van der Waals surface area (Å²) < 4.78 is 27.2. The maximum Gasteiger partial charge on any atom is 0.354 e. The molecule has 0 bridgehead atoms. The lowest BCUT2D eigenvalue weighted by molar-refractivity contribution is 0.0585. The molecule has 46 heavy (non-hydrogen) atoms. The smallest absolute Gasteiger partial charge is 0.354 e. The Labute approximate surface area is 280 Å². The molecule has 2 aromatic carbocycles. The van der Waals surface area contributed by atoms with Gasteiger partial charge in [0.1, 0.15) is 11.4 Å². The van der Waals surface area contributed by atoms with Gasteiger partial charge in [-0.25, -0.2) is 4.79 Å². The zero-order valence-electron chi connectivity index (χ0n) is 29.2. The number of carbonyl (C=O) groups is 1. The number of fused-ring (bicyclic) bond motifs is 1. The van der Waals surface area contributed by atoms with Crippen LogP contribution in [0.3, 0.4) is 0 Å². The number of benzene rings is 2. The number of hydrogen-bond acceptors (Lipinski definition) is 6. The maximum absolute atomic E-state index is 13.6. The summed E-state index contributed by atoms with van der Waals surface area (Å²) in [6, 6.07) is 11.8. The number of methoxy groups -OCH3 is 2. The molecule has 2 aromatic heterocycles. The van der Waals surface area contributed by atoms with Crippen molar-refractivity contribution in [1.29, 1.82) is 0 Å². The Kier molecular flexibility index (Phi) is 11.5. The molecule has 0 aliphatic rings. The summed E-state index contributed by atoms with van der Waals surface area (Å²) >= 11 is 7.02. The van der Waals surface area contributed by atoms with Crippen molar-refractivity contribution < 1.29 is 23.4 Å². The molecule has 0 saturated heterocycles. The van der Waals surface area contributed by atoms with E-state index in [0.29, 0.717) is 49.9 Å². The quantitative estimate of drug-likeness (QED) is 0.0761. The van der Waals surface area contributed by atoms with Crippen molar-refractivity contribution in [3.63, 3.8) is 0 Å². The fraction of sp³-hybridized carbons (Fsp3) is 0.500. The number of aryl methyl sites for hydroxylation is 4. The van der Waals surface area contributed by atoms with Crippen molar-refractivity contribution in [1.82, 2.24) is 14.3 Å². The van der Waals surface area contributed by atoms with Crippen molar-refractivity contribution in [2.24, 2.45) is 7.05 Å². The lowest BCUT2D eigenvalue weighted by Gasteiger charge is -2.36. The van der Waals surface area contributed by atoms with Crippen molar-refractivity contribution >= 4 is 36.8 Å². The van der Waals surface area contributed by atoms with E-state index >= 15 is 0 Å². The Morgan fingerprint density at radius 1 is 0.978 bits per heavy atom. The molecule has 0 aliphatic heterocycles. The number of nitrogens with zero attached hydrogens (tertiary/aromatic N) is 3. The minimum Gasteiger partial charge on any atom is -0.497 e. The largest absolute Gasteiger partial charge is 0.497 e. The van der Waals surface area contributed by atoms with Crippen LogP contribution in [0.2, 0.25) is 23.2 Å². The highest BCUT2D eigenvalue weighted by molar-refractivity contribution is 6.74. The van der Waals surface area contributed by atoms with Gasteiger partial charge in [-0.05, 0) is 80.6 Å². The molecule has 4 aromatic rings. The topological polar surface area (TPSA) is 76.7 Å². The summed E-state index contributed by atoms with van der Waals surface area (Å²) in [7, 11) is 3.13. The molecule has 8 nitrogen and oxygen atoms in total. The molecular weight excluding hydrogens is 618 g/mol. The number of hydrogen-bond donors (Lipinski definition) is 0. The van der Waals surface area contributed by atoms with Gasteiger partial charge in [-0.15, -0.1) is 0 Å². The number of halogens is 1. The summed E-state index contributed by atoms with van der Waals surface area (Å²) in [5, 5.41) is 6.43. The first kappa shape index (κ1) is 35.7. The number of esters is 1. The molecule has 0 saturated carbocycles. The van der Waals surface area contributed by atoms with Gasteiger partial charge in [-0.2, -0.15) is 5.10 Å². The van der Waals surface area contributed by atoms with E-state index in [9.17, 15) is 4.79 Å². The van der Waals surface area contributed by atoms with Gasteiger partial charge in [-0.1, -0.05) is 50.6 Å². The van der Waals surface area contributed by atoms with Crippen molar-refractivity contribution in [2.75, 3.05) is 27.4 Å². The second kappa shape index (κ2) is 14.8. The molecule has 10 heteroatoms. The summed E-state index contributed by atoms with van der Waals surface area (Å²) in [6.45, 7) is 17.5. The van der Waals surface area contributed by atoms with Gasteiger partial charge in [0, 0.05) is 49.0 Å². The van der Waals surface area contributed by atoms with E-state index in [1.165, 1.54) is 7.11 Å². The maximum atomic E-state index is 13.6. The molecule has 0 N–H and O–H groups in total. The first-order chi connectivity index (χ1) is 21.7. The van der Waals surface area contributed by atoms with E-state index in [1.54, 1.807) is 7.11 Å². The Bertz CT molecular complexity index is 1670. The van der Waals surface area contributed by atoms with Crippen LogP contribution in [0.1, 0.15) is 66.6 Å². The number of carbonyl (C=O) groups excluding carboxylic acids is 1. The third-order valence-electron chi connectivity index (χ3n) is 9.35. The Morgan fingerprint density at radius 2 is 1.67 bits per heavy atom. The highest BCUT2D eigenvalue weighted by Crippen LogP contribution is 2.42. The van der Waals surface area contributed by atoms with E-state index in [2.05, 4.69) is 38.4 Å². The highest BCUT2D eigenvalue weighted by Gasteiger charge is 2.37. The summed E-state index contributed by atoms with van der Waals surface area (Å²) in [6.07, 6.45) is 2.14. The predicted octanol–water partition coefficient (Wildman–Crippen LogP) is 8.67. The second-order valence-corrected chi connectivity index (χ2v) is 18.6. The van der Waals surface area contributed by atoms with Crippen molar-refractivity contribution in [3.8, 4) is 16.9 Å². The Hall–Kier alpha value is -3.11. The SMILES string of the molecule is COC(=O)c1c(CCCO[Si](C)(C)C(C)(C)C)c2ccc(Cl)c(-c3c(C)nn(C)c3C)c2n1CCCOCc1ccc(OC)cc1. The first-order valence-electron chi connectivity index (χ1n) is 16.0. The molecule has 2 heterocycles. The molecule has 0 atom stereocenters. The van der Waals surface area contributed by atoms with Crippen molar-refractivity contribution in [3.05, 3.63) is 69.6 Å². The van der Waals surface area contributed by atoms with E-state index in [1.807, 2.05) is 62.0 Å². The van der Waals surface area contributed by atoms with Gasteiger partial charge < -0.3 is 23.2 Å². The van der Waals surface area contributed by atoms with Crippen LogP contribution in [0.15, 0.2) is 36.4 Å². The minimum atomic E-state index is -1.90. The van der Waals surface area contributed by atoms with Crippen LogP contribution in [0.25, 0.3) is 22.0 Å². The monoisotopic (exact) mass is 667 g/mol. The summed E-state index contributed by atoms with van der Waals surface area (Å²) in [5.41, 5.74) is 7.26. The lowest BCUT2D eigenvalue weighted by atomic mass is 9.98. The van der Waals surface area contributed by atoms with Gasteiger partial charge in [0.05, 0.1) is 37.1 Å². The molecule has 0 aliphatic carbocycles. The zero-order chi connectivity index (χ0) is 33.8. The van der Waals surface area contributed by atoms with Crippen LogP contribution in [0.4, 0.5) is 0 Å². The van der Waals surface area contributed by atoms with Gasteiger partial charge >= 0.3 is 5.97 Å². The van der Waals surface area contributed by atoms with E-state index in [0.717, 1.165) is 56.7 Å². The molecule has 250 valence electrons. The van der Waals surface area contributed by atoms with Crippen molar-refractivity contribution in [2.45, 2.75) is 85.2 Å². The fourth-order valence-corrected chi connectivity index (χ4v) is 7.04. The lowest BCUT2D eigenvalue weighted by Crippen LogP contribution is -2.41. The third-order valence-corrected chi connectivity index (χ3v) is 14.2. The highest BCUT2D eigenvalue weighted by atomic mass is 35.5. The van der Waals surface area contributed by atoms with Crippen LogP contribution in [-0.2, 0) is 40.5 Å². The normalized spacial score (nSPS) is 12.2. The van der Waals surface area contributed by atoms with Crippen LogP contribution >= 0.6 is 11.6 Å². The molecule has 0 amide bonds. The molecular formula is C36H50ClN3O5Si. The van der Waals surface area contributed by atoms with Crippen LogP contribution in [0.5, 0.6) is 5.75 Å². The molecule has 0 spiro atoms. The minimum absolute atomic E-state index is 0.126. The van der Waals surface area contributed by atoms with Gasteiger partial charge in [0.25, 0.3) is 0 Å². The van der Waals surface area contributed by atoms with Crippen LogP contribution in [-0.4, -0.2) is 56.1 Å².